The summed E-state index contributed by atoms with van der Waals surface area (Å²) in [4.78, 5) is 23.0. The molecule has 0 aliphatic carbocycles. The molecule has 0 saturated carbocycles. The van der Waals surface area contributed by atoms with E-state index >= 15 is 0 Å². The summed E-state index contributed by atoms with van der Waals surface area (Å²) in [6.45, 7) is 4.76. The Labute approximate surface area is 138 Å². The Kier molecular flexibility index (Phi) is 6.16. The Balaban J connectivity index is 1.96. The van der Waals surface area contributed by atoms with Crippen molar-refractivity contribution in [2.75, 3.05) is 12.3 Å². The van der Waals surface area contributed by atoms with Crippen molar-refractivity contribution in [3.05, 3.63) is 41.7 Å². The number of carbonyl (C=O) groups is 2. The van der Waals surface area contributed by atoms with Gasteiger partial charge in [-0.25, -0.2) is 4.79 Å². The molecule has 8 heteroatoms. The highest BCUT2D eigenvalue weighted by Gasteiger charge is 2.13. The number of hydrogen-bond donors (Lipinski definition) is 2. The van der Waals surface area contributed by atoms with Gasteiger partial charge in [-0.05, 0) is 19.4 Å². The lowest BCUT2D eigenvalue weighted by Gasteiger charge is -2.08. The monoisotopic (exact) mass is 333 g/mol. The molecule has 0 bridgehead atoms. The van der Waals surface area contributed by atoms with Gasteiger partial charge in [0.05, 0.1) is 12.3 Å². The van der Waals surface area contributed by atoms with Crippen LogP contribution in [-0.2, 0) is 11.3 Å². The molecule has 2 rings (SSSR count). The molecular formula is C15H19N5O2S. The molecule has 1 heterocycles. The Hall–Kier alpha value is -2.35. The first-order chi connectivity index (χ1) is 11.1. The number of imide groups is 1. The minimum atomic E-state index is -0.486. The fourth-order valence-corrected chi connectivity index (χ4v) is 2.70. The van der Waals surface area contributed by atoms with Gasteiger partial charge in [0.1, 0.15) is 5.82 Å². The summed E-state index contributed by atoms with van der Waals surface area (Å²) in [6.07, 6.45) is 0. The molecule has 0 aliphatic rings. The first-order valence-electron chi connectivity index (χ1n) is 7.24. The lowest BCUT2D eigenvalue weighted by atomic mass is 10.2. The Morgan fingerprint density at radius 3 is 2.65 bits per heavy atom. The molecule has 0 radical (unpaired) electrons. The van der Waals surface area contributed by atoms with E-state index in [1.54, 1.807) is 6.92 Å². The van der Waals surface area contributed by atoms with Crippen LogP contribution in [0.2, 0.25) is 0 Å². The molecule has 2 aromatic rings. The van der Waals surface area contributed by atoms with Crippen LogP contribution in [0.1, 0.15) is 18.3 Å². The largest absolute Gasteiger partial charge is 0.338 e. The number of benzene rings is 1. The van der Waals surface area contributed by atoms with Crippen molar-refractivity contribution in [3.63, 3.8) is 0 Å². The first kappa shape index (κ1) is 17.0. The summed E-state index contributed by atoms with van der Waals surface area (Å²) in [5.41, 5.74) is 1.13. The molecule has 0 fully saturated rings. The zero-order valence-electron chi connectivity index (χ0n) is 13.1. The van der Waals surface area contributed by atoms with Crippen LogP contribution in [0.4, 0.5) is 4.79 Å². The van der Waals surface area contributed by atoms with E-state index in [0.29, 0.717) is 18.2 Å². The molecular weight excluding hydrogens is 314 g/mol. The van der Waals surface area contributed by atoms with Gasteiger partial charge in [-0.3, -0.25) is 10.1 Å². The number of thioether (sulfide) groups is 1. The first-order valence-corrected chi connectivity index (χ1v) is 8.23. The minimum Gasteiger partial charge on any atom is -0.338 e. The zero-order chi connectivity index (χ0) is 16.7. The number of rotatable bonds is 6. The molecule has 1 aromatic carbocycles. The van der Waals surface area contributed by atoms with Crippen LogP contribution >= 0.6 is 11.8 Å². The molecule has 0 spiro atoms. The molecule has 2 N–H and O–H groups in total. The van der Waals surface area contributed by atoms with E-state index in [9.17, 15) is 9.59 Å². The Morgan fingerprint density at radius 2 is 1.96 bits per heavy atom. The van der Waals surface area contributed by atoms with E-state index in [1.165, 1.54) is 11.8 Å². The van der Waals surface area contributed by atoms with Crippen LogP contribution in [0.15, 0.2) is 35.5 Å². The normalized spacial score (nSPS) is 10.3. The number of nitrogens with zero attached hydrogens (tertiary/aromatic N) is 3. The maximum absolute atomic E-state index is 11.7. The lowest BCUT2D eigenvalue weighted by Crippen LogP contribution is -2.40. The van der Waals surface area contributed by atoms with Crippen molar-refractivity contribution >= 4 is 23.7 Å². The third-order valence-corrected chi connectivity index (χ3v) is 3.97. The molecule has 0 saturated heterocycles. The van der Waals surface area contributed by atoms with Crippen LogP contribution in [0.3, 0.4) is 0 Å². The van der Waals surface area contributed by atoms with E-state index in [-0.39, 0.29) is 11.7 Å². The summed E-state index contributed by atoms with van der Waals surface area (Å²) in [5, 5.41) is 13.6. The molecule has 122 valence electrons. The second-order valence-corrected chi connectivity index (χ2v) is 5.74. The van der Waals surface area contributed by atoms with E-state index in [1.807, 2.05) is 41.8 Å². The lowest BCUT2D eigenvalue weighted by molar-refractivity contribution is -0.117. The fraction of sp³-hybridized carbons (Fsp3) is 0.333. The van der Waals surface area contributed by atoms with Gasteiger partial charge in [-0.15, -0.1) is 10.2 Å². The van der Waals surface area contributed by atoms with E-state index in [0.717, 1.165) is 11.4 Å². The minimum absolute atomic E-state index is 0.101. The second kappa shape index (κ2) is 8.33. The van der Waals surface area contributed by atoms with Crippen molar-refractivity contribution in [2.24, 2.45) is 0 Å². The number of nitrogens with one attached hydrogen (secondary N) is 2. The smallest absolute Gasteiger partial charge is 0.321 e. The average molecular weight is 333 g/mol. The van der Waals surface area contributed by atoms with Crippen LogP contribution in [0.25, 0.3) is 0 Å². The SMILES string of the molecule is CCNC(=O)NC(=O)CSc1nnc(C)n1Cc1ccccc1. The molecule has 1 aromatic heterocycles. The van der Waals surface area contributed by atoms with Gasteiger partial charge in [0.25, 0.3) is 0 Å². The van der Waals surface area contributed by atoms with Gasteiger partial charge >= 0.3 is 6.03 Å². The van der Waals surface area contributed by atoms with E-state index in [4.69, 9.17) is 0 Å². The quantitative estimate of drug-likeness (QED) is 0.783. The highest BCUT2D eigenvalue weighted by Crippen LogP contribution is 2.18. The number of hydrogen-bond acceptors (Lipinski definition) is 5. The standard InChI is InChI=1S/C15H19N5O2S/c1-3-16-14(22)17-13(21)10-23-15-19-18-11(2)20(15)9-12-7-5-4-6-8-12/h4-8H,3,9-10H2,1-2H3,(H2,16,17,21,22). The molecule has 0 unspecified atom stereocenters. The summed E-state index contributed by atoms with van der Waals surface area (Å²) >= 11 is 1.25. The predicted octanol–water partition coefficient (Wildman–Crippen LogP) is 1.57. The maximum atomic E-state index is 11.7. The van der Waals surface area contributed by atoms with E-state index in [2.05, 4.69) is 20.8 Å². The van der Waals surface area contributed by atoms with Gasteiger partial charge in [0, 0.05) is 6.54 Å². The number of carbonyl (C=O) groups excluding carboxylic acids is 2. The summed E-state index contributed by atoms with van der Waals surface area (Å²) in [5.74, 6) is 0.512. The van der Waals surface area contributed by atoms with Gasteiger partial charge in [-0.2, -0.15) is 0 Å². The number of urea groups is 1. The van der Waals surface area contributed by atoms with Crippen LogP contribution < -0.4 is 10.6 Å². The van der Waals surface area contributed by atoms with Gasteiger partial charge in [0.15, 0.2) is 5.16 Å². The summed E-state index contributed by atoms with van der Waals surface area (Å²) in [6, 6.07) is 9.47. The Morgan fingerprint density at radius 1 is 1.22 bits per heavy atom. The van der Waals surface area contributed by atoms with Gasteiger partial charge in [0.2, 0.25) is 5.91 Å². The second-order valence-electron chi connectivity index (χ2n) is 4.80. The Bertz CT molecular complexity index is 672. The predicted molar refractivity (Wildman–Crippen MR) is 88.2 cm³/mol. The fourth-order valence-electron chi connectivity index (χ4n) is 1.91. The topological polar surface area (TPSA) is 88.9 Å². The zero-order valence-corrected chi connectivity index (χ0v) is 13.9. The molecule has 0 atom stereocenters. The number of aromatic nitrogens is 3. The average Bonchev–Trinajstić information content (AvgIpc) is 2.87. The van der Waals surface area contributed by atoms with Crippen LogP contribution in [-0.4, -0.2) is 39.0 Å². The molecule has 7 nitrogen and oxygen atoms in total. The summed E-state index contributed by atoms with van der Waals surface area (Å²) in [7, 11) is 0. The highest BCUT2D eigenvalue weighted by molar-refractivity contribution is 7.99. The third kappa shape index (κ3) is 5.10. The maximum Gasteiger partial charge on any atom is 0.321 e. The van der Waals surface area contributed by atoms with Crippen LogP contribution in [0.5, 0.6) is 0 Å². The number of amides is 3. The molecule has 0 aliphatic heterocycles. The highest BCUT2D eigenvalue weighted by atomic mass is 32.2. The van der Waals surface area contributed by atoms with Crippen LogP contribution in [0, 0.1) is 6.92 Å². The third-order valence-electron chi connectivity index (χ3n) is 3.01. The van der Waals surface area contributed by atoms with Crippen molar-refractivity contribution in [3.8, 4) is 0 Å². The summed E-state index contributed by atoms with van der Waals surface area (Å²) < 4.78 is 1.94. The van der Waals surface area contributed by atoms with E-state index < -0.39 is 6.03 Å². The molecule has 23 heavy (non-hydrogen) atoms. The van der Waals surface area contributed by atoms with Crippen molar-refractivity contribution in [2.45, 2.75) is 25.5 Å². The van der Waals surface area contributed by atoms with Crippen molar-refractivity contribution < 1.29 is 9.59 Å². The number of aryl methyl sites for hydroxylation is 1. The van der Waals surface area contributed by atoms with Gasteiger partial charge in [-0.1, -0.05) is 42.1 Å². The van der Waals surface area contributed by atoms with Gasteiger partial charge < -0.3 is 9.88 Å². The molecule has 3 amide bonds. The van der Waals surface area contributed by atoms with Crippen molar-refractivity contribution in [1.29, 1.82) is 0 Å². The van der Waals surface area contributed by atoms with Crippen molar-refractivity contribution in [1.82, 2.24) is 25.4 Å².